The molecule has 2 N–H and O–H groups in total. The number of nitrogens with zero attached hydrogens (tertiary/aromatic N) is 3. The van der Waals surface area contributed by atoms with Crippen LogP contribution in [0.5, 0.6) is 5.75 Å². The van der Waals surface area contributed by atoms with Crippen molar-refractivity contribution in [2.24, 2.45) is 0 Å². The first-order valence-corrected chi connectivity index (χ1v) is 9.72. The maximum atomic E-state index is 12.7. The third-order valence-electron chi connectivity index (χ3n) is 5.00. The average Bonchev–Trinajstić information content (AvgIpc) is 3.09. The van der Waals surface area contributed by atoms with Crippen LogP contribution in [-0.4, -0.2) is 54.3 Å². The van der Waals surface area contributed by atoms with E-state index in [1.165, 1.54) is 0 Å². The van der Waals surface area contributed by atoms with E-state index in [-0.39, 0.29) is 5.91 Å². The number of hydrogen-bond acceptors (Lipinski definition) is 6. The molecular weight excluding hydrogens is 358 g/mol. The second-order valence-corrected chi connectivity index (χ2v) is 7.08. The lowest BCUT2D eigenvalue weighted by molar-refractivity contribution is 0.0944. The zero-order valence-electron chi connectivity index (χ0n) is 16.8. The van der Waals surface area contributed by atoms with Crippen LogP contribution in [0.25, 0.3) is 0 Å². The molecule has 152 valence electrons. The molecule has 0 spiro atoms. The Kier molecular flexibility index (Phi) is 7.00. The SMILES string of the molecule is COCCOc1cc(C)ccc1CNC(=O)c1nnn(C2CCNCC2)c1C. The summed E-state index contributed by atoms with van der Waals surface area (Å²) in [5, 5.41) is 14.7. The highest BCUT2D eigenvalue weighted by molar-refractivity contribution is 5.93. The molecule has 1 aliphatic heterocycles. The predicted octanol–water partition coefficient (Wildman–Crippen LogP) is 1.77. The Hall–Kier alpha value is -2.45. The van der Waals surface area contributed by atoms with Crippen molar-refractivity contribution in [2.75, 3.05) is 33.4 Å². The zero-order valence-corrected chi connectivity index (χ0v) is 16.8. The van der Waals surface area contributed by atoms with Gasteiger partial charge in [-0.15, -0.1) is 5.10 Å². The van der Waals surface area contributed by atoms with Gasteiger partial charge < -0.3 is 20.1 Å². The fourth-order valence-electron chi connectivity index (χ4n) is 3.39. The van der Waals surface area contributed by atoms with E-state index in [0.29, 0.717) is 31.5 Å². The van der Waals surface area contributed by atoms with Crippen LogP contribution in [0.1, 0.15) is 46.2 Å². The molecule has 0 aliphatic carbocycles. The average molecular weight is 387 g/mol. The van der Waals surface area contributed by atoms with Crippen LogP contribution < -0.4 is 15.4 Å². The number of piperidine rings is 1. The Morgan fingerprint density at radius 3 is 2.82 bits per heavy atom. The maximum absolute atomic E-state index is 12.7. The minimum atomic E-state index is -0.221. The summed E-state index contributed by atoms with van der Waals surface area (Å²) in [7, 11) is 1.64. The molecule has 3 rings (SSSR count). The minimum Gasteiger partial charge on any atom is -0.491 e. The molecule has 0 radical (unpaired) electrons. The molecule has 0 saturated carbocycles. The molecule has 28 heavy (non-hydrogen) atoms. The maximum Gasteiger partial charge on any atom is 0.274 e. The van der Waals surface area contributed by atoms with Crippen molar-refractivity contribution in [1.29, 1.82) is 0 Å². The standard InChI is InChI=1S/C20H29N5O3/c1-14-4-5-16(18(12-14)28-11-10-27-3)13-22-20(26)19-15(2)25(24-23-19)17-6-8-21-9-7-17/h4-5,12,17,21H,6-11,13H2,1-3H3,(H,22,26). The Balaban J connectivity index is 1.65. The minimum absolute atomic E-state index is 0.221. The van der Waals surface area contributed by atoms with Crippen molar-refractivity contribution in [3.8, 4) is 5.75 Å². The van der Waals surface area contributed by atoms with Gasteiger partial charge in [-0.05, 0) is 51.4 Å². The second-order valence-electron chi connectivity index (χ2n) is 7.08. The molecule has 1 aromatic carbocycles. The van der Waals surface area contributed by atoms with Crippen molar-refractivity contribution >= 4 is 5.91 Å². The van der Waals surface area contributed by atoms with Crippen molar-refractivity contribution in [3.63, 3.8) is 0 Å². The lowest BCUT2D eigenvalue weighted by Crippen LogP contribution is -2.30. The first-order valence-electron chi connectivity index (χ1n) is 9.72. The van der Waals surface area contributed by atoms with Crippen LogP contribution in [0, 0.1) is 13.8 Å². The predicted molar refractivity (Wildman–Crippen MR) is 106 cm³/mol. The van der Waals surface area contributed by atoms with E-state index < -0.39 is 0 Å². The highest BCUT2D eigenvalue weighted by atomic mass is 16.5. The van der Waals surface area contributed by atoms with E-state index in [1.54, 1.807) is 7.11 Å². The fraction of sp³-hybridized carbons (Fsp3) is 0.550. The van der Waals surface area contributed by atoms with E-state index in [4.69, 9.17) is 9.47 Å². The summed E-state index contributed by atoms with van der Waals surface area (Å²) in [5.74, 6) is 0.536. The summed E-state index contributed by atoms with van der Waals surface area (Å²) in [4.78, 5) is 12.7. The van der Waals surface area contributed by atoms with Gasteiger partial charge >= 0.3 is 0 Å². The van der Waals surface area contributed by atoms with Gasteiger partial charge in [0.1, 0.15) is 12.4 Å². The van der Waals surface area contributed by atoms with Crippen LogP contribution in [-0.2, 0) is 11.3 Å². The van der Waals surface area contributed by atoms with Crippen LogP contribution >= 0.6 is 0 Å². The molecule has 1 amide bonds. The van der Waals surface area contributed by atoms with E-state index >= 15 is 0 Å². The number of aryl methyl sites for hydroxylation is 1. The van der Waals surface area contributed by atoms with E-state index in [1.807, 2.05) is 36.7 Å². The van der Waals surface area contributed by atoms with E-state index in [0.717, 1.165) is 48.5 Å². The summed E-state index contributed by atoms with van der Waals surface area (Å²) in [6, 6.07) is 6.24. The van der Waals surface area contributed by atoms with Gasteiger partial charge in [0, 0.05) is 19.2 Å². The van der Waals surface area contributed by atoms with Crippen molar-refractivity contribution in [2.45, 2.75) is 39.3 Å². The number of hydrogen-bond donors (Lipinski definition) is 2. The molecule has 1 fully saturated rings. The van der Waals surface area contributed by atoms with E-state index in [9.17, 15) is 4.79 Å². The number of benzene rings is 1. The number of ether oxygens (including phenoxy) is 2. The normalized spacial score (nSPS) is 14.8. The van der Waals surface area contributed by atoms with Gasteiger partial charge in [0.05, 0.1) is 18.3 Å². The molecular formula is C20H29N5O3. The highest BCUT2D eigenvalue weighted by Gasteiger charge is 2.23. The third-order valence-corrected chi connectivity index (χ3v) is 5.00. The lowest BCUT2D eigenvalue weighted by Gasteiger charge is -2.23. The summed E-state index contributed by atoms with van der Waals surface area (Å²) < 4.78 is 12.7. The topological polar surface area (TPSA) is 90.3 Å². The largest absolute Gasteiger partial charge is 0.491 e. The molecule has 0 atom stereocenters. The summed E-state index contributed by atoms with van der Waals surface area (Å²) in [6.07, 6.45) is 1.99. The third kappa shape index (κ3) is 4.88. The molecule has 1 saturated heterocycles. The molecule has 8 nitrogen and oxygen atoms in total. The quantitative estimate of drug-likeness (QED) is 0.671. The van der Waals surface area contributed by atoms with Crippen molar-refractivity contribution in [1.82, 2.24) is 25.6 Å². The fourth-order valence-corrected chi connectivity index (χ4v) is 3.39. The Bertz CT molecular complexity index is 799. The number of carbonyl (C=O) groups is 1. The number of rotatable bonds is 8. The van der Waals surface area contributed by atoms with Gasteiger partial charge in [0.2, 0.25) is 0 Å². The van der Waals surface area contributed by atoms with Gasteiger partial charge in [-0.2, -0.15) is 0 Å². The molecule has 0 unspecified atom stereocenters. The van der Waals surface area contributed by atoms with Gasteiger partial charge in [-0.25, -0.2) is 4.68 Å². The van der Waals surface area contributed by atoms with E-state index in [2.05, 4.69) is 20.9 Å². The zero-order chi connectivity index (χ0) is 19.9. The smallest absolute Gasteiger partial charge is 0.274 e. The van der Waals surface area contributed by atoms with Gasteiger partial charge in [-0.3, -0.25) is 4.79 Å². The van der Waals surface area contributed by atoms with Crippen LogP contribution in [0.3, 0.4) is 0 Å². The van der Waals surface area contributed by atoms with Crippen molar-refractivity contribution < 1.29 is 14.3 Å². The lowest BCUT2D eigenvalue weighted by atomic mass is 10.1. The first kappa shape index (κ1) is 20.3. The van der Waals surface area contributed by atoms with Gasteiger partial charge in [0.15, 0.2) is 5.69 Å². The number of methoxy groups -OCH3 is 1. The molecule has 1 aliphatic rings. The molecule has 1 aromatic heterocycles. The van der Waals surface area contributed by atoms with Crippen molar-refractivity contribution in [3.05, 3.63) is 40.7 Å². The second kappa shape index (κ2) is 9.66. The van der Waals surface area contributed by atoms with Crippen LogP contribution in [0.15, 0.2) is 18.2 Å². The Morgan fingerprint density at radius 2 is 2.07 bits per heavy atom. The summed E-state index contributed by atoms with van der Waals surface area (Å²) in [6.45, 7) is 7.18. The number of carbonyl (C=O) groups excluding carboxylic acids is 1. The molecule has 8 heteroatoms. The Labute approximate surface area is 165 Å². The number of amides is 1. The number of aromatic nitrogens is 3. The highest BCUT2D eigenvalue weighted by Crippen LogP contribution is 2.22. The van der Waals surface area contributed by atoms with Crippen LogP contribution in [0.4, 0.5) is 0 Å². The molecule has 0 bridgehead atoms. The Morgan fingerprint density at radius 1 is 1.29 bits per heavy atom. The summed E-state index contributed by atoms with van der Waals surface area (Å²) >= 11 is 0. The summed E-state index contributed by atoms with van der Waals surface area (Å²) in [5.41, 5.74) is 3.21. The monoisotopic (exact) mass is 387 g/mol. The van der Waals surface area contributed by atoms with Crippen LogP contribution in [0.2, 0.25) is 0 Å². The first-order chi connectivity index (χ1) is 13.6. The number of nitrogens with one attached hydrogen (secondary N) is 2. The van der Waals surface area contributed by atoms with Gasteiger partial charge in [-0.1, -0.05) is 17.3 Å². The molecule has 2 aromatic rings. The van der Waals surface area contributed by atoms with Gasteiger partial charge in [0.25, 0.3) is 5.91 Å². The molecule has 2 heterocycles.